The van der Waals surface area contributed by atoms with E-state index in [1.165, 1.54) is 6.08 Å². The molecule has 1 aromatic rings. The Morgan fingerprint density at radius 3 is 2.53 bits per heavy atom. The number of rotatable bonds is 3. The molecular weight excluding hydrogens is 231 g/mol. The van der Waals surface area contributed by atoms with Crippen molar-refractivity contribution < 1.29 is 18.0 Å². The van der Waals surface area contributed by atoms with E-state index in [2.05, 4.69) is 4.99 Å². The summed E-state index contributed by atoms with van der Waals surface area (Å²) in [4.78, 5) is 14.0. The zero-order valence-electron chi connectivity index (χ0n) is 8.92. The van der Waals surface area contributed by atoms with Crippen LogP contribution in [0.5, 0.6) is 0 Å². The first kappa shape index (κ1) is 11.9. The van der Waals surface area contributed by atoms with Crippen LogP contribution >= 0.6 is 0 Å². The van der Waals surface area contributed by atoms with E-state index in [0.29, 0.717) is 12.8 Å². The van der Waals surface area contributed by atoms with Crippen molar-refractivity contribution in [1.29, 1.82) is 0 Å². The van der Waals surface area contributed by atoms with E-state index in [4.69, 9.17) is 0 Å². The predicted molar refractivity (Wildman–Crippen MR) is 55.0 cm³/mol. The lowest BCUT2D eigenvalue weighted by Crippen LogP contribution is -2.33. The van der Waals surface area contributed by atoms with Gasteiger partial charge in [-0.25, -0.2) is 18.0 Å². The summed E-state index contributed by atoms with van der Waals surface area (Å²) in [6.07, 6.45) is 0.524. The van der Waals surface area contributed by atoms with Crippen LogP contribution in [0.3, 0.4) is 0 Å². The largest absolute Gasteiger partial charge is 0.263 e. The van der Waals surface area contributed by atoms with Gasteiger partial charge in [0.2, 0.25) is 6.08 Å². The van der Waals surface area contributed by atoms with Gasteiger partial charge in [0.1, 0.15) is 11.4 Å². The van der Waals surface area contributed by atoms with Gasteiger partial charge in [0.05, 0.1) is 0 Å². The molecule has 2 rings (SSSR count). The molecule has 1 aromatic carbocycles. The Balaban J connectivity index is 2.49. The van der Waals surface area contributed by atoms with E-state index in [9.17, 15) is 18.0 Å². The van der Waals surface area contributed by atoms with Crippen LogP contribution in [0, 0.1) is 5.82 Å². The number of aliphatic imine (C=N–C) groups is 1. The first-order valence-corrected chi connectivity index (χ1v) is 5.26. The first-order chi connectivity index (χ1) is 8.09. The molecule has 1 aliphatic rings. The van der Waals surface area contributed by atoms with Crippen molar-refractivity contribution in [3.63, 3.8) is 0 Å². The SMILES string of the molecule is O=C=NC1(c2cc(C(F)F)ccc2F)CCC1. The van der Waals surface area contributed by atoms with Crippen molar-refractivity contribution in [1.82, 2.24) is 0 Å². The minimum absolute atomic E-state index is 0.0740. The van der Waals surface area contributed by atoms with Crippen LogP contribution in [0.2, 0.25) is 0 Å². The standard InChI is InChI=1S/C12H10F3NO/c13-10-3-2-8(11(14)15)6-9(10)12(16-7-17)4-1-5-12/h2-3,6,11H,1,4-5H2. The summed E-state index contributed by atoms with van der Waals surface area (Å²) < 4.78 is 38.7. The zero-order valence-corrected chi connectivity index (χ0v) is 8.92. The minimum atomic E-state index is -2.66. The van der Waals surface area contributed by atoms with Crippen molar-refractivity contribution in [3.8, 4) is 0 Å². The Morgan fingerprint density at radius 1 is 1.35 bits per heavy atom. The molecule has 1 saturated carbocycles. The summed E-state index contributed by atoms with van der Waals surface area (Å²) in [6.45, 7) is 0. The normalized spacial score (nSPS) is 17.4. The lowest BCUT2D eigenvalue weighted by atomic mass is 9.72. The fourth-order valence-corrected chi connectivity index (χ4v) is 2.08. The van der Waals surface area contributed by atoms with Crippen LogP contribution < -0.4 is 0 Å². The maximum Gasteiger partial charge on any atom is 0.263 e. The second-order valence-electron chi connectivity index (χ2n) is 4.13. The summed E-state index contributed by atoms with van der Waals surface area (Å²) in [5.41, 5.74) is -1.16. The van der Waals surface area contributed by atoms with Crippen LogP contribution in [0.4, 0.5) is 13.2 Å². The van der Waals surface area contributed by atoms with Gasteiger partial charge in [0.25, 0.3) is 6.43 Å². The lowest BCUT2D eigenvalue weighted by Gasteiger charge is -2.37. The number of benzene rings is 1. The number of alkyl halides is 2. The third-order valence-corrected chi connectivity index (χ3v) is 3.18. The minimum Gasteiger partial charge on any atom is -0.211 e. The van der Waals surface area contributed by atoms with E-state index in [-0.39, 0.29) is 11.1 Å². The Morgan fingerprint density at radius 2 is 2.06 bits per heavy atom. The third kappa shape index (κ3) is 1.98. The Bertz CT molecular complexity index is 477. The average Bonchev–Trinajstić information content (AvgIpc) is 2.24. The molecule has 0 aliphatic heterocycles. The van der Waals surface area contributed by atoms with Gasteiger partial charge in [0, 0.05) is 11.1 Å². The summed E-state index contributed by atoms with van der Waals surface area (Å²) in [5, 5.41) is 0. The highest BCUT2D eigenvalue weighted by molar-refractivity contribution is 5.41. The summed E-state index contributed by atoms with van der Waals surface area (Å²) >= 11 is 0. The van der Waals surface area contributed by atoms with Crippen molar-refractivity contribution in [3.05, 3.63) is 35.1 Å². The van der Waals surface area contributed by atoms with Crippen LogP contribution in [0.25, 0.3) is 0 Å². The molecule has 0 saturated heterocycles. The molecule has 1 fully saturated rings. The van der Waals surface area contributed by atoms with Crippen molar-refractivity contribution in [2.24, 2.45) is 4.99 Å². The fraction of sp³-hybridized carbons (Fsp3) is 0.417. The molecule has 2 nitrogen and oxygen atoms in total. The molecule has 0 amide bonds. The molecule has 0 N–H and O–H groups in total. The molecule has 0 unspecified atom stereocenters. The summed E-state index contributed by atoms with van der Waals surface area (Å²) in [5.74, 6) is -0.604. The summed E-state index contributed by atoms with van der Waals surface area (Å²) in [6, 6.07) is 3.14. The number of nitrogens with zero attached hydrogens (tertiary/aromatic N) is 1. The number of hydrogen-bond acceptors (Lipinski definition) is 2. The molecule has 1 aliphatic carbocycles. The highest BCUT2D eigenvalue weighted by Crippen LogP contribution is 2.46. The lowest BCUT2D eigenvalue weighted by molar-refractivity contribution is 0.150. The van der Waals surface area contributed by atoms with Crippen LogP contribution in [0.15, 0.2) is 23.2 Å². The predicted octanol–water partition coefficient (Wildman–Crippen LogP) is 3.48. The molecule has 0 radical (unpaired) electrons. The molecule has 0 aromatic heterocycles. The molecule has 17 heavy (non-hydrogen) atoms. The highest BCUT2D eigenvalue weighted by atomic mass is 19.3. The van der Waals surface area contributed by atoms with Crippen LogP contribution in [-0.4, -0.2) is 6.08 Å². The molecule has 90 valence electrons. The van der Waals surface area contributed by atoms with Gasteiger partial charge in [-0.15, -0.1) is 0 Å². The van der Waals surface area contributed by atoms with E-state index >= 15 is 0 Å². The first-order valence-electron chi connectivity index (χ1n) is 5.26. The molecule has 0 heterocycles. The monoisotopic (exact) mass is 241 g/mol. The topological polar surface area (TPSA) is 29.4 Å². The highest BCUT2D eigenvalue weighted by Gasteiger charge is 2.41. The second kappa shape index (κ2) is 4.34. The second-order valence-corrected chi connectivity index (χ2v) is 4.13. The van der Waals surface area contributed by atoms with Gasteiger partial charge in [-0.05, 0) is 31.4 Å². The van der Waals surface area contributed by atoms with Gasteiger partial charge in [-0.1, -0.05) is 6.07 Å². The smallest absolute Gasteiger partial charge is 0.211 e. The number of hydrogen-bond donors (Lipinski definition) is 0. The Kier molecular flexibility index (Phi) is 3.03. The number of isocyanates is 1. The van der Waals surface area contributed by atoms with Crippen LogP contribution in [0.1, 0.15) is 36.8 Å². The molecule has 5 heteroatoms. The molecule has 0 bridgehead atoms. The average molecular weight is 241 g/mol. The molecule has 0 atom stereocenters. The molecule has 0 spiro atoms. The van der Waals surface area contributed by atoms with Gasteiger partial charge < -0.3 is 0 Å². The quantitative estimate of drug-likeness (QED) is 0.588. The van der Waals surface area contributed by atoms with E-state index < -0.39 is 17.8 Å². The van der Waals surface area contributed by atoms with Crippen molar-refractivity contribution in [2.75, 3.05) is 0 Å². The number of halogens is 3. The number of carbonyl (C=O) groups excluding carboxylic acids is 1. The summed E-state index contributed by atoms with van der Waals surface area (Å²) in [7, 11) is 0. The van der Waals surface area contributed by atoms with Gasteiger partial charge in [-0.2, -0.15) is 4.99 Å². The Hall–Kier alpha value is -1.61. The van der Waals surface area contributed by atoms with Crippen molar-refractivity contribution >= 4 is 6.08 Å². The molecular formula is C12H10F3NO. The fourth-order valence-electron chi connectivity index (χ4n) is 2.08. The third-order valence-electron chi connectivity index (χ3n) is 3.18. The zero-order chi connectivity index (χ0) is 12.5. The van der Waals surface area contributed by atoms with E-state index in [1.54, 1.807) is 0 Å². The van der Waals surface area contributed by atoms with Gasteiger partial charge in [-0.3, -0.25) is 0 Å². The van der Waals surface area contributed by atoms with Crippen LogP contribution in [-0.2, 0) is 10.3 Å². The van der Waals surface area contributed by atoms with E-state index in [0.717, 1.165) is 24.6 Å². The van der Waals surface area contributed by atoms with Gasteiger partial charge in [0.15, 0.2) is 0 Å². The van der Waals surface area contributed by atoms with E-state index in [1.807, 2.05) is 0 Å². The van der Waals surface area contributed by atoms with Gasteiger partial charge >= 0.3 is 0 Å². The van der Waals surface area contributed by atoms with Crippen molar-refractivity contribution in [2.45, 2.75) is 31.2 Å². The maximum atomic E-state index is 13.6. The maximum absolute atomic E-state index is 13.6. The Labute approximate surface area is 96.2 Å².